The van der Waals surface area contributed by atoms with E-state index < -0.39 is 11.7 Å². The van der Waals surface area contributed by atoms with Crippen molar-refractivity contribution in [3.05, 3.63) is 28.8 Å². The molecule has 0 fully saturated rings. The third kappa shape index (κ3) is 3.11. The van der Waals surface area contributed by atoms with Gasteiger partial charge in [-0.15, -0.1) is 0 Å². The Morgan fingerprint density at radius 2 is 2.17 bits per heavy atom. The Kier molecular flexibility index (Phi) is 3.77. The van der Waals surface area contributed by atoms with Crippen molar-refractivity contribution in [2.45, 2.75) is 19.1 Å². The van der Waals surface area contributed by atoms with Gasteiger partial charge in [0.1, 0.15) is 0 Å². The molecule has 1 aliphatic rings. The van der Waals surface area contributed by atoms with Crippen LogP contribution >= 0.6 is 23.4 Å². The summed E-state index contributed by atoms with van der Waals surface area (Å²) in [6, 6.07) is 3.92. The maximum atomic E-state index is 12.7. The van der Waals surface area contributed by atoms with E-state index in [4.69, 9.17) is 11.6 Å². The van der Waals surface area contributed by atoms with Gasteiger partial charge in [0, 0.05) is 11.4 Å². The molecule has 1 unspecified atom stereocenters. The molecule has 2 rings (SSSR count). The zero-order chi connectivity index (χ0) is 13.3. The first kappa shape index (κ1) is 13.5. The topological polar surface area (TPSA) is 24.4 Å². The molecule has 18 heavy (non-hydrogen) atoms. The van der Waals surface area contributed by atoms with Crippen molar-refractivity contribution in [1.82, 2.24) is 0 Å². The third-order valence-electron chi connectivity index (χ3n) is 2.32. The fourth-order valence-electron chi connectivity index (χ4n) is 1.49. The minimum Gasteiger partial charge on any atom is -0.335 e. The largest absolute Gasteiger partial charge is 0.417 e. The van der Waals surface area contributed by atoms with E-state index in [1.165, 1.54) is 23.9 Å². The number of nitrogens with zero attached hydrogens (tertiary/aromatic N) is 1. The zero-order valence-corrected chi connectivity index (χ0v) is 11.0. The number of hydrogen-bond donors (Lipinski definition) is 1. The molecular weight excluding hydrogens is 285 g/mol. The highest BCUT2D eigenvalue weighted by Crippen LogP contribution is 2.36. The molecule has 1 aliphatic heterocycles. The molecule has 1 aromatic carbocycles. The monoisotopic (exact) mass is 294 g/mol. The van der Waals surface area contributed by atoms with Crippen LogP contribution in [0.1, 0.15) is 12.5 Å². The number of anilines is 1. The average Bonchev–Trinajstić information content (AvgIpc) is 2.65. The normalized spacial score (nSPS) is 19.8. The van der Waals surface area contributed by atoms with E-state index in [0.717, 1.165) is 11.8 Å². The number of alkyl halides is 3. The fourth-order valence-corrected chi connectivity index (χ4v) is 2.63. The van der Waals surface area contributed by atoms with Crippen LogP contribution in [0.4, 0.5) is 18.9 Å². The Bertz CT molecular complexity index is 488. The molecule has 1 heterocycles. The van der Waals surface area contributed by atoms with Gasteiger partial charge in [0.05, 0.1) is 16.6 Å². The molecule has 0 amide bonds. The van der Waals surface area contributed by atoms with Crippen LogP contribution in [-0.4, -0.2) is 17.0 Å². The number of nitrogens with one attached hydrogen (secondary N) is 1. The summed E-state index contributed by atoms with van der Waals surface area (Å²) in [5.41, 5.74) is -0.502. The van der Waals surface area contributed by atoms with Crippen molar-refractivity contribution in [1.29, 1.82) is 0 Å². The number of benzene rings is 1. The second kappa shape index (κ2) is 5.01. The van der Waals surface area contributed by atoms with E-state index in [1.54, 1.807) is 0 Å². The Balaban J connectivity index is 2.23. The summed E-state index contributed by atoms with van der Waals surface area (Å²) in [5.74, 6) is 0.835. The molecule has 0 saturated heterocycles. The highest BCUT2D eigenvalue weighted by Gasteiger charge is 2.33. The summed E-state index contributed by atoms with van der Waals surface area (Å²) in [6.07, 6.45) is -4.45. The van der Waals surface area contributed by atoms with Crippen LogP contribution < -0.4 is 5.32 Å². The summed E-state index contributed by atoms with van der Waals surface area (Å²) < 4.78 is 38.0. The lowest BCUT2D eigenvalue weighted by atomic mass is 10.2. The first-order valence-corrected chi connectivity index (χ1v) is 6.57. The maximum Gasteiger partial charge on any atom is 0.417 e. The van der Waals surface area contributed by atoms with Crippen LogP contribution in [0.2, 0.25) is 5.02 Å². The highest BCUT2D eigenvalue weighted by molar-refractivity contribution is 8.14. The van der Waals surface area contributed by atoms with Gasteiger partial charge >= 0.3 is 6.18 Å². The molecule has 0 spiro atoms. The van der Waals surface area contributed by atoms with E-state index in [0.29, 0.717) is 10.9 Å². The van der Waals surface area contributed by atoms with E-state index in [9.17, 15) is 13.2 Å². The molecule has 0 saturated carbocycles. The second-order valence-corrected chi connectivity index (χ2v) is 5.33. The molecule has 0 aliphatic carbocycles. The second-order valence-electron chi connectivity index (χ2n) is 3.91. The lowest BCUT2D eigenvalue weighted by Crippen LogP contribution is -2.09. The van der Waals surface area contributed by atoms with Gasteiger partial charge in [-0.05, 0) is 25.1 Å². The van der Waals surface area contributed by atoms with Gasteiger partial charge in [-0.1, -0.05) is 23.4 Å². The lowest BCUT2D eigenvalue weighted by Gasteiger charge is -2.11. The number of thioether (sulfide) groups is 1. The van der Waals surface area contributed by atoms with Crippen molar-refractivity contribution in [3.63, 3.8) is 0 Å². The maximum absolute atomic E-state index is 12.7. The SMILES string of the molecule is CC1CSC(Nc2ccc(Cl)c(C(F)(F)F)c2)=N1. The van der Waals surface area contributed by atoms with E-state index in [2.05, 4.69) is 10.3 Å². The van der Waals surface area contributed by atoms with E-state index in [1.807, 2.05) is 6.92 Å². The molecule has 1 aromatic rings. The minimum absolute atomic E-state index is 0.187. The predicted molar refractivity (Wildman–Crippen MR) is 69.4 cm³/mol. The fraction of sp³-hybridized carbons (Fsp3) is 0.364. The Morgan fingerprint density at radius 3 is 2.72 bits per heavy atom. The third-order valence-corrected chi connectivity index (χ3v) is 3.78. The first-order valence-electron chi connectivity index (χ1n) is 5.20. The van der Waals surface area contributed by atoms with E-state index >= 15 is 0 Å². The summed E-state index contributed by atoms with van der Waals surface area (Å²) >= 11 is 7.02. The van der Waals surface area contributed by atoms with Crippen molar-refractivity contribution in [2.75, 3.05) is 11.1 Å². The Labute approximate surface area is 112 Å². The molecule has 98 valence electrons. The Hall–Kier alpha value is -0.880. The first-order chi connectivity index (χ1) is 8.36. The summed E-state index contributed by atoms with van der Waals surface area (Å²) in [7, 11) is 0. The molecule has 2 nitrogen and oxygen atoms in total. The molecular formula is C11H10ClF3N2S. The van der Waals surface area contributed by atoms with Crippen LogP contribution in [-0.2, 0) is 6.18 Å². The van der Waals surface area contributed by atoms with Crippen LogP contribution in [0.25, 0.3) is 0 Å². The number of aliphatic imine (C=N–C) groups is 1. The van der Waals surface area contributed by atoms with Crippen LogP contribution in [0, 0.1) is 0 Å². The molecule has 0 bridgehead atoms. The molecule has 7 heteroatoms. The molecule has 0 aromatic heterocycles. The van der Waals surface area contributed by atoms with Crippen LogP contribution in [0.5, 0.6) is 0 Å². The smallest absolute Gasteiger partial charge is 0.335 e. The minimum atomic E-state index is -4.45. The van der Waals surface area contributed by atoms with Gasteiger partial charge in [-0.3, -0.25) is 4.99 Å². The van der Waals surface area contributed by atoms with Crippen molar-refractivity contribution in [2.24, 2.45) is 4.99 Å². The predicted octanol–water partition coefficient (Wildman–Crippen LogP) is 4.26. The van der Waals surface area contributed by atoms with Crippen molar-refractivity contribution >= 4 is 34.2 Å². The number of amidine groups is 1. The number of hydrogen-bond acceptors (Lipinski definition) is 3. The van der Waals surface area contributed by atoms with Gasteiger partial charge in [0.15, 0.2) is 5.17 Å². The summed E-state index contributed by atoms with van der Waals surface area (Å²) in [4.78, 5) is 4.25. The van der Waals surface area contributed by atoms with Gasteiger partial charge in [-0.2, -0.15) is 13.2 Å². The average molecular weight is 295 g/mol. The van der Waals surface area contributed by atoms with Gasteiger partial charge < -0.3 is 5.32 Å². The van der Waals surface area contributed by atoms with Crippen LogP contribution in [0.15, 0.2) is 23.2 Å². The summed E-state index contributed by atoms with van der Waals surface area (Å²) in [5, 5.41) is 3.20. The summed E-state index contributed by atoms with van der Waals surface area (Å²) in [6.45, 7) is 1.95. The molecule has 0 radical (unpaired) electrons. The highest BCUT2D eigenvalue weighted by atomic mass is 35.5. The quantitative estimate of drug-likeness (QED) is 0.837. The number of halogens is 4. The van der Waals surface area contributed by atoms with Gasteiger partial charge in [0.2, 0.25) is 0 Å². The lowest BCUT2D eigenvalue weighted by molar-refractivity contribution is -0.137. The van der Waals surface area contributed by atoms with Crippen molar-refractivity contribution < 1.29 is 13.2 Å². The van der Waals surface area contributed by atoms with Gasteiger partial charge in [0.25, 0.3) is 0 Å². The zero-order valence-electron chi connectivity index (χ0n) is 9.38. The van der Waals surface area contributed by atoms with Crippen LogP contribution in [0.3, 0.4) is 0 Å². The van der Waals surface area contributed by atoms with E-state index in [-0.39, 0.29) is 11.1 Å². The van der Waals surface area contributed by atoms with Gasteiger partial charge in [-0.25, -0.2) is 0 Å². The molecule has 1 N–H and O–H groups in total. The Morgan fingerprint density at radius 1 is 1.44 bits per heavy atom. The number of rotatable bonds is 1. The standard InChI is InChI=1S/C11H10ClF3N2S/c1-6-5-18-10(16-6)17-7-2-3-9(12)8(4-7)11(13,14)15/h2-4,6H,5H2,1H3,(H,16,17). The molecule has 1 atom stereocenters. The van der Waals surface area contributed by atoms with Crippen molar-refractivity contribution in [3.8, 4) is 0 Å².